The van der Waals surface area contributed by atoms with Crippen LogP contribution in [0, 0.1) is 5.92 Å². The van der Waals surface area contributed by atoms with Crippen LogP contribution in [-0.4, -0.2) is 41.1 Å². The quantitative estimate of drug-likeness (QED) is 0.920. The number of nitrogens with one attached hydrogen (secondary N) is 1. The molecular formula is C16H23ClN4. The van der Waals surface area contributed by atoms with Crippen LogP contribution in [0.5, 0.6) is 0 Å². The first kappa shape index (κ1) is 16.0. The van der Waals surface area contributed by atoms with Gasteiger partial charge in [0.15, 0.2) is 0 Å². The van der Waals surface area contributed by atoms with E-state index in [2.05, 4.69) is 39.5 Å². The van der Waals surface area contributed by atoms with Gasteiger partial charge in [0.2, 0.25) is 0 Å². The molecule has 0 amide bonds. The Labute approximate surface area is 132 Å². The molecular weight excluding hydrogens is 284 g/mol. The summed E-state index contributed by atoms with van der Waals surface area (Å²) in [5.41, 5.74) is 2.56. The molecule has 114 valence electrons. The first-order valence-corrected chi connectivity index (χ1v) is 7.29. The van der Waals surface area contributed by atoms with Gasteiger partial charge in [0.1, 0.15) is 0 Å². The second-order valence-electron chi connectivity index (χ2n) is 5.58. The lowest BCUT2D eigenvalue weighted by atomic mass is 10.1. The highest BCUT2D eigenvalue weighted by Gasteiger charge is 2.21. The highest BCUT2D eigenvalue weighted by atomic mass is 35.5. The molecule has 0 saturated carbocycles. The molecule has 0 bridgehead atoms. The zero-order valence-corrected chi connectivity index (χ0v) is 13.2. The van der Waals surface area contributed by atoms with E-state index in [-0.39, 0.29) is 12.4 Å². The lowest BCUT2D eigenvalue weighted by molar-refractivity contribution is 0.315. The van der Waals surface area contributed by atoms with Gasteiger partial charge in [-0.2, -0.15) is 0 Å². The standard InChI is InChI=1S/C16H22N4.ClH/c1-17-10-15-6-8-19(12-15)11-14-2-4-16(5-3-14)20-9-7-18-13-20;/h2-5,7,9,13,15,17H,6,8,10-12H2,1H3;1H. The molecule has 0 radical (unpaired) electrons. The van der Waals surface area contributed by atoms with Gasteiger partial charge in [-0.15, -0.1) is 12.4 Å². The molecule has 1 N–H and O–H groups in total. The van der Waals surface area contributed by atoms with Crippen molar-refractivity contribution in [1.82, 2.24) is 19.8 Å². The third-order valence-corrected chi connectivity index (χ3v) is 4.01. The number of aromatic nitrogens is 2. The van der Waals surface area contributed by atoms with E-state index < -0.39 is 0 Å². The second-order valence-corrected chi connectivity index (χ2v) is 5.58. The van der Waals surface area contributed by atoms with Gasteiger partial charge in [-0.05, 0) is 50.2 Å². The minimum atomic E-state index is 0. The third kappa shape index (κ3) is 4.06. The van der Waals surface area contributed by atoms with Gasteiger partial charge >= 0.3 is 0 Å². The average Bonchev–Trinajstić information content (AvgIpc) is 3.12. The summed E-state index contributed by atoms with van der Waals surface area (Å²) >= 11 is 0. The normalized spacial score (nSPS) is 18.6. The lowest BCUT2D eigenvalue weighted by Gasteiger charge is -2.16. The van der Waals surface area contributed by atoms with E-state index in [4.69, 9.17) is 0 Å². The van der Waals surface area contributed by atoms with Crippen molar-refractivity contribution in [1.29, 1.82) is 0 Å². The fourth-order valence-electron chi connectivity index (χ4n) is 2.96. The van der Waals surface area contributed by atoms with E-state index in [9.17, 15) is 0 Å². The van der Waals surface area contributed by atoms with Crippen LogP contribution < -0.4 is 5.32 Å². The molecule has 1 aromatic heterocycles. The largest absolute Gasteiger partial charge is 0.319 e. The van der Waals surface area contributed by atoms with Crippen LogP contribution in [0.25, 0.3) is 5.69 Å². The number of hydrogen-bond donors (Lipinski definition) is 1. The summed E-state index contributed by atoms with van der Waals surface area (Å²) in [6.07, 6.45) is 6.92. The van der Waals surface area contributed by atoms with E-state index in [1.54, 1.807) is 6.20 Å². The fraction of sp³-hybridized carbons (Fsp3) is 0.438. The van der Waals surface area contributed by atoms with Crippen LogP contribution in [0.1, 0.15) is 12.0 Å². The monoisotopic (exact) mass is 306 g/mol. The SMILES string of the molecule is CNCC1CCN(Cc2ccc(-n3ccnc3)cc2)C1.Cl. The van der Waals surface area contributed by atoms with Crippen molar-refractivity contribution in [2.45, 2.75) is 13.0 Å². The van der Waals surface area contributed by atoms with Crippen molar-refractivity contribution in [3.63, 3.8) is 0 Å². The van der Waals surface area contributed by atoms with Crippen LogP contribution in [-0.2, 0) is 6.54 Å². The molecule has 1 aliphatic rings. The van der Waals surface area contributed by atoms with Crippen molar-refractivity contribution in [2.24, 2.45) is 5.92 Å². The van der Waals surface area contributed by atoms with Gasteiger partial charge < -0.3 is 9.88 Å². The van der Waals surface area contributed by atoms with Crippen LogP contribution in [0.3, 0.4) is 0 Å². The maximum atomic E-state index is 4.08. The third-order valence-electron chi connectivity index (χ3n) is 4.01. The highest BCUT2D eigenvalue weighted by molar-refractivity contribution is 5.85. The number of rotatable bonds is 5. The zero-order chi connectivity index (χ0) is 13.8. The van der Waals surface area contributed by atoms with Crippen LogP contribution >= 0.6 is 12.4 Å². The molecule has 2 heterocycles. The summed E-state index contributed by atoms with van der Waals surface area (Å²) in [6, 6.07) is 8.78. The summed E-state index contributed by atoms with van der Waals surface area (Å²) in [6.45, 7) is 4.63. The molecule has 4 nitrogen and oxygen atoms in total. The maximum Gasteiger partial charge on any atom is 0.0991 e. The molecule has 1 saturated heterocycles. The average molecular weight is 307 g/mol. The first-order chi connectivity index (χ1) is 9.85. The van der Waals surface area contributed by atoms with E-state index >= 15 is 0 Å². The van der Waals surface area contributed by atoms with Crippen molar-refractivity contribution < 1.29 is 0 Å². The molecule has 1 aliphatic heterocycles. The van der Waals surface area contributed by atoms with Gasteiger partial charge in [0, 0.05) is 31.2 Å². The Kier molecular flexibility index (Phi) is 5.79. The van der Waals surface area contributed by atoms with Gasteiger partial charge in [-0.1, -0.05) is 12.1 Å². The van der Waals surface area contributed by atoms with Crippen LogP contribution in [0.2, 0.25) is 0 Å². The summed E-state index contributed by atoms with van der Waals surface area (Å²) < 4.78 is 2.03. The number of imidazole rings is 1. The molecule has 5 heteroatoms. The number of halogens is 1. The minimum absolute atomic E-state index is 0. The topological polar surface area (TPSA) is 33.1 Å². The number of hydrogen-bond acceptors (Lipinski definition) is 3. The molecule has 0 spiro atoms. The van der Waals surface area contributed by atoms with E-state index in [0.29, 0.717) is 0 Å². The lowest BCUT2D eigenvalue weighted by Crippen LogP contribution is -2.24. The summed E-state index contributed by atoms with van der Waals surface area (Å²) in [4.78, 5) is 6.63. The van der Waals surface area contributed by atoms with Gasteiger partial charge in [0.25, 0.3) is 0 Å². The summed E-state index contributed by atoms with van der Waals surface area (Å²) in [5, 5.41) is 3.28. The summed E-state index contributed by atoms with van der Waals surface area (Å²) in [5.74, 6) is 0.810. The second kappa shape index (κ2) is 7.59. The van der Waals surface area contributed by atoms with Gasteiger partial charge in [0.05, 0.1) is 6.33 Å². The molecule has 1 unspecified atom stereocenters. The fourth-order valence-corrected chi connectivity index (χ4v) is 2.96. The van der Waals surface area contributed by atoms with Crippen molar-refractivity contribution in [3.8, 4) is 5.69 Å². The van der Waals surface area contributed by atoms with E-state index in [1.165, 1.54) is 30.8 Å². The van der Waals surface area contributed by atoms with Gasteiger partial charge in [-0.25, -0.2) is 4.98 Å². The Balaban J connectivity index is 0.00000161. The molecule has 1 fully saturated rings. The molecule has 1 aromatic carbocycles. The highest BCUT2D eigenvalue weighted by Crippen LogP contribution is 2.18. The number of benzene rings is 1. The zero-order valence-electron chi connectivity index (χ0n) is 12.4. The van der Waals surface area contributed by atoms with E-state index in [1.807, 2.05) is 24.1 Å². The Morgan fingerprint density at radius 1 is 1.29 bits per heavy atom. The molecule has 3 rings (SSSR count). The maximum absolute atomic E-state index is 4.08. The first-order valence-electron chi connectivity index (χ1n) is 7.29. The molecule has 21 heavy (non-hydrogen) atoms. The Hall–Kier alpha value is -1.36. The van der Waals surface area contributed by atoms with Crippen molar-refractivity contribution >= 4 is 12.4 Å². The number of likely N-dealkylation sites (tertiary alicyclic amines) is 1. The smallest absolute Gasteiger partial charge is 0.0991 e. The van der Waals surface area contributed by atoms with Crippen LogP contribution in [0.4, 0.5) is 0 Å². The van der Waals surface area contributed by atoms with Crippen molar-refractivity contribution in [3.05, 3.63) is 48.5 Å². The predicted molar refractivity (Wildman–Crippen MR) is 88.1 cm³/mol. The summed E-state index contributed by atoms with van der Waals surface area (Å²) in [7, 11) is 2.04. The minimum Gasteiger partial charge on any atom is -0.319 e. The van der Waals surface area contributed by atoms with Crippen LogP contribution in [0.15, 0.2) is 43.0 Å². The molecule has 0 aliphatic carbocycles. The Morgan fingerprint density at radius 3 is 2.76 bits per heavy atom. The molecule has 1 atom stereocenters. The Bertz CT molecular complexity index is 524. The molecule has 2 aromatic rings. The predicted octanol–water partition coefficient (Wildman–Crippen LogP) is 2.34. The number of nitrogens with zero attached hydrogens (tertiary/aromatic N) is 3. The Morgan fingerprint density at radius 2 is 2.10 bits per heavy atom. The van der Waals surface area contributed by atoms with Gasteiger partial charge in [-0.3, -0.25) is 4.90 Å². The van der Waals surface area contributed by atoms with Crippen molar-refractivity contribution in [2.75, 3.05) is 26.7 Å². The van der Waals surface area contributed by atoms with E-state index in [0.717, 1.165) is 19.0 Å².